The fourth-order valence-corrected chi connectivity index (χ4v) is 2.81. The van der Waals surface area contributed by atoms with Crippen molar-refractivity contribution >= 4 is 17.2 Å². The van der Waals surface area contributed by atoms with Crippen LogP contribution in [-0.4, -0.2) is 67.4 Å². The van der Waals surface area contributed by atoms with Crippen LogP contribution in [0.1, 0.15) is 4.88 Å². The minimum absolute atomic E-state index is 0.196. The summed E-state index contributed by atoms with van der Waals surface area (Å²) in [5.74, 6) is 0.196. The quantitative estimate of drug-likeness (QED) is 0.813. The molecule has 0 aromatic carbocycles. The van der Waals surface area contributed by atoms with Crippen LogP contribution in [0, 0.1) is 0 Å². The molecule has 1 amide bonds. The lowest BCUT2D eigenvalue weighted by Crippen LogP contribution is -2.48. The summed E-state index contributed by atoms with van der Waals surface area (Å²) >= 11 is 1.82. The van der Waals surface area contributed by atoms with Gasteiger partial charge in [0, 0.05) is 51.7 Å². The first kappa shape index (κ1) is 13.5. The molecule has 2 rings (SSSR count). The molecule has 1 saturated heterocycles. The van der Waals surface area contributed by atoms with Crippen molar-refractivity contribution in [3.05, 3.63) is 22.4 Å². The highest BCUT2D eigenvalue weighted by Gasteiger charge is 2.19. The van der Waals surface area contributed by atoms with Crippen LogP contribution in [0.5, 0.6) is 0 Å². The van der Waals surface area contributed by atoms with E-state index in [9.17, 15) is 4.79 Å². The summed E-state index contributed by atoms with van der Waals surface area (Å²) in [6.07, 6.45) is 0. The Balaban J connectivity index is 1.73. The van der Waals surface area contributed by atoms with Crippen LogP contribution in [0.25, 0.3) is 0 Å². The molecule has 18 heavy (non-hydrogen) atoms. The standard InChI is InChI=1S/C13H21N3OS/c1-14(2)13(17)11-16-7-5-15(6-8-16)10-12-4-3-9-18-12/h3-4,9H,5-8,10-11H2,1-2H3. The topological polar surface area (TPSA) is 26.8 Å². The van der Waals surface area contributed by atoms with E-state index in [1.807, 2.05) is 25.4 Å². The van der Waals surface area contributed by atoms with E-state index in [2.05, 4.69) is 27.3 Å². The third kappa shape index (κ3) is 3.80. The SMILES string of the molecule is CN(C)C(=O)CN1CCN(Cc2cccs2)CC1. The van der Waals surface area contributed by atoms with Gasteiger partial charge in [0.15, 0.2) is 0 Å². The lowest BCUT2D eigenvalue weighted by Gasteiger charge is -2.34. The van der Waals surface area contributed by atoms with Gasteiger partial charge in [-0.2, -0.15) is 0 Å². The van der Waals surface area contributed by atoms with Gasteiger partial charge in [0.1, 0.15) is 0 Å². The van der Waals surface area contributed by atoms with Crippen molar-refractivity contribution < 1.29 is 4.79 Å². The first-order valence-corrected chi connectivity index (χ1v) is 7.20. The second-order valence-corrected chi connectivity index (χ2v) is 5.95. The lowest BCUT2D eigenvalue weighted by atomic mass is 10.3. The molecule has 0 spiro atoms. The van der Waals surface area contributed by atoms with Crippen molar-refractivity contribution in [3.63, 3.8) is 0 Å². The van der Waals surface area contributed by atoms with E-state index < -0.39 is 0 Å². The van der Waals surface area contributed by atoms with Gasteiger partial charge in [0.25, 0.3) is 0 Å². The zero-order valence-corrected chi connectivity index (χ0v) is 11.9. The maximum Gasteiger partial charge on any atom is 0.236 e. The maximum atomic E-state index is 11.6. The van der Waals surface area contributed by atoms with Crippen molar-refractivity contribution in [1.29, 1.82) is 0 Å². The van der Waals surface area contributed by atoms with E-state index in [0.29, 0.717) is 6.54 Å². The van der Waals surface area contributed by atoms with Crippen molar-refractivity contribution in [3.8, 4) is 0 Å². The van der Waals surface area contributed by atoms with E-state index in [1.54, 1.807) is 4.90 Å². The zero-order valence-electron chi connectivity index (χ0n) is 11.1. The van der Waals surface area contributed by atoms with Crippen LogP contribution < -0.4 is 0 Å². The highest BCUT2D eigenvalue weighted by atomic mass is 32.1. The van der Waals surface area contributed by atoms with Crippen LogP contribution in [-0.2, 0) is 11.3 Å². The maximum absolute atomic E-state index is 11.6. The molecule has 4 nitrogen and oxygen atoms in total. The largest absolute Gasteiger partial charge is 0.348 e. The second kappa shape index (κ2) is 6.31. The Morgan fingerprint density at radius 1 is 1.28 bits per heavy atom. The molecular formula is C13H21N3OS. The number of thiophene rings is 1. The molecule has 2 heterocycles. The van der Waals surface area contributed by atoms with Gasteiger partial charge in [0.2, 0.25) is 5.91 Å². The second-order valence-electron chi connectivity index (χ2n) is 4.92. The summed E-state index contributed by atoms with van der Waals surface area (Å²) in [6, 6.07) is 4.29. The van der Waals surface area contributed by atoms with Crippen molar-refractivity contribution in [2.45, 2.75) is 6.54 Å². The summed E-state index contributed by atoms with van der Waals surface area (Å²) in [4.78, 5) is 19.4. The van der Waals surface area contributed by atoms with E-state index in [1.165, 1.54) is 4.88 Å². The van der Waals surface area contributed by atoms with E-state index in [4.69, 9.17) is 0 Å². The summed E-state index contributed by atoms with van der Waals surface area (Å²) in [7, 11) is 3.63. The first-order chi connectivity index (χ1) is 8.65. The average Bonchev–Trinajstić information content (AvgIpc) is 2.84. The number of rotatable bonds is 4. The van der Waals surface area contributed by atoms with Gasteiger partial charge in [-0.1, -0.05) is 6.07 Å². The average molecular weight is 267 g/mol. The van der Waals surface area contributed by atoms with Gasteiger partial charge in [-0.15, -0.1) is 11.3 Å². The minimum atomic E-state index is 0.196. The smallest absolute Gasteiger partial charge is 0.236 e. The molecule has 0 radical (unpaired) electrons. The van der Waals surface area contributed by atoms with Gasteiger partial charge in [-0.25, -0.2) is 0 Å². The molecule has 1 aliphatic rings. The van der Waals surface area contributed by atoms with Gasteiger partial charge in [-0.3, -0.25) is 14.6 Å². The van der Waals surface area contributed by atoms with Crippen LogP contribution >= 0.6 is 11.3 Å². The molecule has 0 saturated carbocycles. The van der Waals surface area contributed by atoms with Crippen molar-refractivity contribution in [1.82, 2.24) is 14.7 Å². The van der Waals surface area contributed by atoms with Gasteiger partial charge >= 0.3 is 0 Å². The van der Waals surface area contributed by atoms with E-state index >= 15 is 0 Å². The molecule has 5 heteroatoms. The molecular weight excluding hydrogens is 246 g/mol. The zero-order chi connectivity index (χ0) is 13.0. The molecule has 0 aliphatic carbocycles. The Morgan fingerprint density at radius 3 is 2.50 bits per heavy atom. The molecule has 0 N–H and O–H groups in total. The summed E-state index contributed by atoms with van der Waals surface area (Å²) in [5.41, 5.74) is 0. The van der Waals surface area contributed by atoms with Crippen molar-refractivity contribution in [2.75, 3.05) is 46.8 Å². The number of hydrogen-bond acceptors (Lipinski definition) is 4. The Hall–Kier alpha value is -0.910. The molecule has 0 unspecified atom stereocenters. The molecule has 1 aliphatic heterocycles. The van der Waals surface area contributed by atoms with E-state index in [-0.39, 0.29) is 5.91 Å². The molecule has 0 bridgehead atoms. The minimum Gasteiger partial charge on any atom is -0.348 e. The molecule has 100 valence electrons. The number of amides is 1. The highest BCUT2D eigenvalue weighted by Crippen LogP contribution is 2.13. The first-order valence-electron chi connectivity index (χ1n) is 6.32. The van der Waals surface area contributed by atoms with Gasteiger partial charge in [0.05, 0.1) is 6.54 Å². The Bertz CT molecular complexity index is 370. The number of carbonyl (C=O) groups is 1. The third-order valence-electron chi connectivity index (χ3n) is 3.28. The molecule has 1 aromatic heterocycles. The Kier molecular flexibility index (Phi) is 4.74. The lowest BCUT2D eigenvalue weighted by molar-refractivity contribution is -0.130. The molecule has 1 aromatic rings. The fraction of sp³-hybridized carbons (Fsp3) is 0.615. The number of piperazine rings is 1. The van der Waals surface area contributed by atoms with Crippen LogP contribution in [0.15, 0.2) is 17.5 Å². The third-order valence-corrected chi connectivity index (χ3v) is 4.14. The summed E-state index contributed by atoms with van der Waals surface area (Å²) in [5, 5.41) is 2.13. The van der Waals surface area contributed by atoms with Crippen LogP contribution in [0.3, 0.4) is 0 Å². The summed E-state index contributed by atoms with van der Waals surface area (Å²) < 4.78 is 0. The Labute approximate surface area is 113 Å². The number of hydrogen-bond donors (Lipinski definition) is 0. The van der Waals surface area contributed by atoms with E-state index in [0.717, 1.165) is 32.7 Å². The molecule has 1 fully saturated rings. The normalized spacial score (nSPS) is 17.9. The highest BCUT2D eigenvalue weighted by molar-refractivity contribution is 7.09. The van der Waals surface area contributed by atoms with Crippen LogP contribution in [0.2, 0.25) is 0 Å². The summed E-state index contributed by atoms with van der Waals surface area (Å²) in [6.45, 7) is 5.69. The predicted molar refractivity (Wildman–Crippen MR) is 74.7 cm³/mol. The van der Waals surface area contributed by atoms with Gasteiger partial charge < -0.3 is 4.90 Å². The van der Waals surface area contributed by atoms with Crippen molar-refractivity contribution in [2.24, 2.45) is 0 Å². The molecule has 0 atom stereocenters. The number of likely N-dealkylation sites (N-methyl/N-ethyl adjacent to an activating group) is 1. The predicted octanol–water partition coefficient (Wildman–Crippen LogP) is 0.954. The Morgan fingerprint density at radius 2 is 1.94 bits per heavy atom. The van der Waals surface area contributed by atoms with Crippen LogP contribution in [0.4, 0.5) is 0 Å². The fourth-order valence-electron chi connectivity index (χ4n) is 2.06. The van der Waals surface area contributed by atoms with Gasteiger partial charge in [-0.05, 0) is 11.4 Å². The number of carbonyl (C=O) groups excluding carboxylic acids is 1. The monoisotopic (exact) mass is 267 g/mol. The number of nitrogens with zero attached hydrogens (tertiary/aromatic N) is 3.